The van der Waals surface area contributed by atoms with E-state index in [4.69, 9.17) is 27.9 Å². The van der Waals surface area contributed by atoms with Crippen LogP contribution >= 0.6 is 39.1 Å². The second-order valence-corrected chi connectivity index (χ2v) is 7.04. The molecule has 0 unspecified atom stereocenters. The number of anilines is 1. The molecule has 0 aliphatic rings. The van der Waals surface area contributed by atoms with Gasteiger partial charge in [-0.15, -0.1) is 0 Å². The van der Waals surface area contributed by atoms with Crippen molar-refractivity contribution in [3.8, 4) is 5.75 Å². The number of hydrogen-bond donors (Lipinski definition) is 1. The minimum absolute atomic E-state index is 0.134. The molecule has 128 valence electrons. The van der Waals surface area contributed by atoms with Crippen LogP contribution in [-0.2, 0) is 11.3 Å². The van der Waals surface area contributed by atoms with Crippen LogP contribution in [0.5, 0.6) is 5.75 Å². The molecule has 0 bridgehead atoms. The predicted molar refractivity (Wildman–Crippen MR) is 102 cm³/mol. The lowest BCUT2D eigenvalue weighted by atomic mass is 10.2. The maximum atomic E-state index is 12.2. The third-order valence-electron chi connectivity index (χ3n) is 3.30. The van der Waals surface area contributed by atoms with Gasteiger partial charge >= 0.3 is 0 Å². The molecule has 4 nitrogen and oxygen atoms in total. The summed E-state index contributed by atoms with van der Waals surface area (Å²) in [7, 11) is 3.50. The number of amides is 1. The van der Waals surface area contributed by atoms with Gasteiger partial charge in [0.15, 0.2) is 0 Å². The second kappa shape index (κ2) is 8.72. The molecule has 0 aliphatic carbocycles. The lowest BCUT2D eigenvalue weighted by molar-refractivity contribution is -0.117. The van der Waals surface area contributed by atoms with Gasteiger partial charge in [0.2, 0.25) is 5.91 Å². The summed E-state index contributed by atoms with van der Waals surface area (Å²) in [5.41, 5.74) is 1.61. The summed E-state index contributed by atoms with van der Waals surface area (Å²) in [6.07, 6.45) is 0. The second-order valence-electron chi connectivity index (χ2n) is 5.31. The highest BCUT2D eigenvalue weighted by molar-refractivity contribution is 9.10. The number of carbonyl (C=O) groups excluding carboxylic acids is 1. The molecule has 7 heteroatoms. The normalized spacial score (nSPS) is 10.8. The van der Waals surface area contributed by atoms with Crippen molar-refractivity contribution in [3.05, 3.63) is 56.5 Å². The summed E-state index contributed by atoms with van der Waals surface area (Å²) in [5.74, 6) is 0.653. The van der Waals surface area contributed by atoms with E-state index >= 15 is 0 Å². The van der Waals surface area contributed by atoms with Crippen molar-refractivity contribution in [1.82, 2.24) is 4.90 Å². The molecule has 1 N–H and O–H groups in total. The van der Waals surface area contributed by atoms with Gasteiger partial charge in [0.05, 0.1) is 23.7 Å². The van der Waals surface area contributed by atoms with Crippen molar-refractivity contribution < 1.29 is 9.53 Å². The van der Waals surface area contributed by atoms with E-state index in [0.29, 0.717) is 22.3 Å². The zero-order valence-corrected chi connectivity index (χ0v) is 16.4. The first-order valence-electron chi connectivity index (χ1n) is 7.15. The maximum absolute atomic E-state index is 12.2. The molecule has 0 saturated heterocycles. The summed E-state index contributed by atoms with van der Waals surface area (Å²) in [5, 5.41) is 3.66. The van der Waals surface area contributed by atoms with Gasteiger partial charge < -0.3 is 10.1 Å². The third-order valence-corrected chi connectivity index (χ3v) is 4.53. The molecule has 0 aliphatic heterocycles. The monoisotopic (exact) mass is 430 g/mol. The molecule has 0 heterocycles. The SMILES string of the molecule is COc1ccc(Br)cc1CN(C)CC(=O)Nc1ccc(Cl)c(Cl)c1. The number of likely N-dealkylation sites (N-methyl/N-ethyl adjacent to an activating group) is 1. The number of methoxy groups -OCH3 is 1. The Bertz CT molecular complexity index is 741. The Morgan fingerprint density at radius 1 is 1.21 bits per heavy atom. The summed E-state index contributed by atoms with van der Waals surface area (Å²) in [6.45, 7) is 0.813. The van der Waals surface area contributed by atoms with Gasteiger partial charge in [-0.3, -0.25) is 9.69 Å². The van der Waals surface area contributed by atoms with Crippen LogP contribution in [0.25, 0.3) is 0 Å². The van der Waals surface area contributed by atoms with Crippen molar-refractivity contribution >= 4 is 50.7 Å². The largest absolute Gasteiger partial charge is 0.496 e. The van der Waals surface area contributed by atoms with Gasteiger partial charge in [-0.1, -0.05) is 39.1 Å². The molecule has 0 saturated carbocycles. The fourth-order valence-corrected chi connectivity index (χ4v) is 2.94. The molecule has 0 spiro atoms. The molecule has 0 radical (unpaired) electrons. The smallest absolute Gasteiger partial charge is 0.238 e. The number of nitrogens with zero attached hydrogens (tertiary/aromatic N) is 1. The van der Waals surface area contributed by atoms with E-state index in [0.717, 1.165) is 15.8 Å². The van der Waals surface area contributed by atoms with Crippen molar-refractivity contribution in [2.24, 2.45) is 0 Å². The number of benzene rings is 2. The molecule has 2 aromatic carbocycles. The van der Waals surface area contributed by atoms with E-state index in [1.165, 1.54) is 0 Å². The summed E-state index contributed by atoms with van der Waals surface area (Å²) in [6, 6.07) is 10.8. The molecule has 0 fully saturated rings. The molecular formula is C17H17BrCl2N2O2. The zero-order chi connectivity index (χ0) is 17.7. The van der Waals surface area contributed by atoms with Gasteiger partial charge in [0, 0.05) is 22.3 Å². The minimum Gasteiger partial charge on any atom is -0.496 e. The minimum atomic E-state index is -0.134. The lowest BCUT2D eigenvalue weighted by Crippen LogP contribution is -2.30. The van der Waals surface area contributed by atoms with Crippen molar-refractivity contribution in [2.75, 3.05) is 26.0 Å². The molecule has 24 heavy (non-hydrogen) atoms. The van der Waals surface area contributed by atoms with Gasteiger partial charge in [-0.25, -0.2) is 0 Å². The Labute approximate surface area is 159 Å². The predicted octanol–water partition coefficient (Wildman–Crippen LogP) is 4.84. The number of rotatable bonds is 6. The highest BCUT2D eigenvalue weighted by atomic mass is 79.9. The van der Waals surface area contributed by atoms with Crippen LogP contribution in [0.1, 0.15) is 5.56 Å². The van der Waals surface area contributed by atoms with E-state index in [1.54, 1.807) is 25.3 Å². The Balaban J connectivity index is 1.96. The highest BCUT2D eigenvalue weighted by Gasteiger charge is 2.11. The fourth-order valence-electron chi connectivity index (χ4n) is 2.24. The topological polar surface area (TPSA) is 41.6 Å². The fraction of sp³-hybridized carbons (Fsp3) is 0.235. The molecule has 2 rings (SSSR count). The number of ether oxygens (including phenoxy) is 1. The third kappa shape index (κ3) is 5.38. The van der Waals surface area contributed by atoms with E-state index in [1.807, 2.05) is 30.1 Å². The summed E-state index contributed by atoms with van der Waals surface area (Å²) >= 11 is 15.3. The number of hydrogen-bond acceptors (Lipinski definition) is 3. The van der Waals surface area contributed by atoms with Crippen LogP contribution < -0.4 is 10.1 Å². The van der Waals surface area contributed by atoms with Crippen LogP contribution in [0, 0.1) is 0 Å². The van der Waals surface area contributed by atoms with Crippen LogP contribution in [0.2, 0.25) is 10.0 Å². The number of halogens is 3. The van der Waals surface area contributed by atoms with Crippen molar-refractivity contribution in [1.29, 1.82) is 0 Å². The Hall–Kier alpha value is -1.27. The average molecular weight is 432 g/mol. The van der Waals surface area contributed by atoms with Gasteiger partial charge in [0.25, 0.3) is 0 Å². The van der Waals surface area contributed by atoms with Crippen LogP contribution in [0.15, 0.2) is 40.9 Å². The molecule has 2 aromatic rings. The molecular weight excluding hydrogens is 415 g/mol. The lowest BCUT2D eigenvalue weighted by Gasteiger charge is -2.18. The highest BCUT2D eigenvalue weighted by Crippen LogP contribution is 2.25. The van der Waals surface area contributed by atoms with E-state index < -0.39 is 0 Å². The number of nitrogens with one attached hydrogen (secondary N) is 1. The first kappa shape index (κ1) is 19.1. The average Bonchev–Trinajstić information content (AvgIpc) is 2.51. The van der Waals surface area contributed by atoms with Crippen LogP contribution in [0.3, 0.4) is 0 Å². The van der Waals surface area contributed by atoms with E-state index in [9.17, 15) is 4.79 Å². The summed E-state index contributed by atoms with van der Waals surface area (Å²) < 4.78 is 6.32. The van der Waals surface area contributed by atoms with E-state index in [2.05, 4.69) is 21.2 Å². The molecule has 1 amide bonds. The van der Waals surface area contributed by atoms with Gasteiger partial charge in [-0.05, 0) is 43.4 Å². The summed E-state index contributed by atoms with van der Waals surface area (Å²) in [4.78, 5) is 14.1. The quantitative estimate of drug-likeness (QED) is 0.711. The van der Waals surface area contributed by atoms with Crippen LogP contribution in [0.4, 0.5) is 5.69 Å². The maximum Gasteiger partial charge on any atom is 0.238 e. The first-order valence-corrected chi connectivity index (χ1v) is 8.70. The molecule has 0 aromatic heterocycles. The zero-order valence-electron chi connectivity index (χ0n) is 13.3. The van der Waals surface area contributed by atoms with Crippen molar-refractivity contribution in [3.63, 3.8) is 0 Å². The first-order chi connectivity index (χ1) is 11.4. The van der Waals surface area contributed by atoms with E-state index in [-0.39, 0.29) is 12.5 Å². The van der Waals surface area contributed by atoms with Gasteiger partial charge in [0.1, 0.15) is 5.75 Å². The molecule has 0 atom stereocenters. The van der Waals surface area contributed by atoms with Crippen molar-refractivity contribution in [2.45, 2.75) is 6.54 Å². The standard InChI is InChI=1S/C17H17BrCl2N2O2/c1-22(9-11-7-12(18)3-6-16(11)24-2)10-17(23)21-13-4-5-14(19)15(20)8-13/h3-8H,9-10H2,1-2H3,(H,21,23). The van der Waals surface area contributed by atoms with Gasteiger partial charge in [-0.2, -0.15) is 0 Å². The Morgan fingerprint density at radius 3 is 2.62 bits per heavy atom. The Kier molecular flexibility index (Phi) is 6.92. The number of carbonyl (C=O) groups is 1. The Morgan fingerprint density at radius 2 is 1.96 bits per heavy atom. The van der Waals surface area contributed by atoms with Crippen LogP contribution in [-0.4, -0.2) is 31.5 Å².